The van der Waals surface area contributed by atoms with E-state index in [0.29, 0.717) is 12.3 Å². The van der Waals surface area contributed by atoms with Crippen molar-refractivity contribution in [2.75, 3.05) is 5.75 Å². The molecule has 2 aliphatic rings. The number of carbonyl (C=O) groups is 1. The van der Waals surface area contributed by atoms with Crippen molar-refractivity contribution in [3.05, 3.63) is 70.0 Å². The van der Waals surface area contributed by atoms with Crippen LogP contribution in [0.25, 0.3) is 11.3 Å². The molecule has 1 aromatic carbocycles. The highest BCUT2D eigenvalue weighted by atomic mass is 32.2. The molecule has 1 aliphatic heterocycles. The Morgan fingerprint density at radius 1 is 1.20 bits per heavy atom. The molecule has 152 valence electrons. The number of hydrogen-bond donors (Lipinski definition) is 1. The van der Waals surface area contributed by atoms with Gasteiger partial charge in [-0.3, -0.25) is 14.2 Å². The van der Waals surface area contributed by atoms with Crippen molar-refractivity contribution in [3.63, 3.8) is 0 Å². The second kappa shape index (κ2) is 8.02. The van der Waals surface area contributed by atoms with Crippen LogP contribution in [0.5, 0.6) is 0 Å². The fourth-order valence-electron chi connectivity index (χ4n) is 4.04. The van der Waals surface area contributed by atoms with Crippen LogP contribution in [0.4, 0.5) is 0 Å². The molecule has 0 bridgehead atoms. The van der Waals surface area contributed by atoms with Gasteiger partial charge in [0.25, 0.3) is 5.56 Å². The normalized spacial score (nSPS) is 16.9. The zero-order valence-corrected chi connectivity index (χ0v) is 17.2. The Morgan fingerprint density at radius 3 is 2.93 bits per heavy atom. The van der Waals surface area contributed by atoms with Crippen molar-refractivity contribution in [3.8, 4) is 11.3 Å². The molecule has 0 fully saturated rings. The molecule has 0 saturated carbocycles. The van der Waals surface area contributed by atoms with Crippen LogP contribution in [-0.4, -0.2) is 31.2 Å². The first-order valence-corrected chi connectivity index (χ1v) is 11.1. The Bertz CT molecular complexity index is 1160. The summed E-state index contributed by atoms with van der Waals surface area (Å²) in [6.45, 7) is 0.325. The SMILES string of the molecule is O=C(CC1CSc2nc3c(c(=O)n21)CCC3)NCc1cc(-c2ccccc2)ncn1. The van der Waals surface area contributed by atoms with Gasteiger partial charge in [0.15, 0.2) is 5.16 Å². The molecule has 3 aromatic rings. The van der Waals surface area contributed by atoms with E-state index < -0.39 is 0 Å². The van der Waals surface area contributed by atoms with Crippen LogP contribution in [-0.2, 0) is 24.2 Å². The molecular formula is C22H21N5O2S. The lowest BCUT2D eigenvalue weighted by molar-refractivity contribution is -0.121. The Hall–Kier alpha value is -3.00. The molecule has 1 atom stereocenters. The van der Waals surface area contributed by atoms with Crippen LogP contribution in [0.1, 0.15) is 35.8 Å². The molecule has 0 spiro atoms. The number of nitrogens with zero attached hydrogens (tertiary/aromatic N) is 4. The predicted molar refractivity (Wildman–Crippen MR) is 114 cm³/mol. The largest absolute Gasteiger partial charge is 0.350 e. The maximum atomic E-state index is 12.9. The van der Waals surface area contributed by atoms with Gasteiger partial charge >= 0.3 is 0 Å². The first kappa shape index (κ1) is 19.0. The van der Waals surface area contributed by atoms with Crippen molar-refractivity contribution < 1.29 is 4.79 Å². The van der Waals surface area contributed by atoms with Crippen LogP contribution in [0.15, 0.2) is 52.7 Å². The molecule has 30 heavy (non-hydrogen) atoms. The minimum absolute atomic E-state index is 0.0404. The van der Waals surface area contributed by atoms with E-state index in [1.54, 1.807) is 16.3 Å². The second-order valence-corrected chi connectivity index (χ2v) is 8.54. The molecule has 3 heterocycles. The number of rotatable bonds is 5. The van der Waals surface area contributed by atoms with E-state index in [-0.39, 0.29) is 23.9 Å². The van der Waals surface area contributed by atoms with Crippen LogP contribution >= 0.6 is 11.8 Å². The predicted octanol–water partition coefficient (Wildman–Crippen LogP) is 2.54. The summed E-state index contributed by atoms with van der Waals surface area (Å²) in [7, 11) is 0. The Kier molecular flexibility index (Phi) is 5.08. The molecule has 1 aliphatic carbocycles. The molecule has 7 nitrogen and oxygen atoms in total. The van der Waals surface area contributed by atoms with E-state index in [1.807, 2.05) is 36.4 Å². The van der Waals surface area contributed by atoms with E-state index in [0.717, 1.165) is 52.6 Å². The molecule has 1 unspecified atom stereocenters. The summed E-state index contributed by atoms with van der Waals surface area (Å²) in [5, 5.41) is 3.68. The third-order valence-electron chi connectivity index (χ3n) is 5.55. The highest BCUT2D eigenvalue weighted by Crippen LogP contribution is 2.33. The third kappa shape index (κ3) is 3.63. The van der Waals surface area contributed by atoms with Crippen molar-refractivity contribution in [2.45, 2.75) is 43.4 Å². The summed E-state index contributed by atoms with van der Waals surface area (Å²) >= 11 is 1.56. The number of aryl methyl sites for hydroxylation is 1. The number of benzene rings is 1. The van der Waals surface area contributed by atoms with E-state index in [2.05, 4.69) is 20.3 Å². The number of hydrogen-bond acceptors (Lipinski definition) is 6. The summed E-state index contributed by atoms with van der Waals surface area (Å²) in [5.41, 5.74) is 4.39. The number of nitrogens with one attached hydrogen (secondary N) is 1. The standard InChI is InChI=1S/C22H21N5O2S/c28-20(23-11-15-9-19(25-13-24-15)14-5-2-1-3-6-14)10-16-12-30-22-26-18-8-4-7-17(18)21(29)27(16)22/h1-3,5-6,9,13,16H,4,7-8,10-12H2,(H,23,28). The van der Waals surface area contributed by atoms with Gasteiger partial charge in [0, 0.05) is 23.3 Å². The number of amides is 1. The molecule has 1 amide bonds. The third-order valence-corrected chi connectivity index (χ3v) is 6.65. The highest BCUT2D eigenvalue weighted by molar-refractivity contribution is 7.99. The summed E-state index contributed by atoms with van der Waals surface area (Å²) in [6, 6.07) is 11.6. The first-order valence-electron chi connectivity index (χ1n) is 10.1. The molecule has 2 aromatic heterocycles. The van der Waals surface area contributed by atoms with Crippen LogP contribution < -0.4 is 10.9 Å². The molecule has 8 heteroatoms. The first-order chi connectivity index (χ1) is 14.7. The van der Waals surface area contributed by atoms with Crippen LogP contribution in [0.3, 0.4) is 0 Å². The van der Waals surface area contributed by atoms with Gasteiger partial charge in [-0.15, -0.1) is 0 Å². The van der Waals surface area contributed by atoms with Crippen LogP contribution in [0, 0.1) is 0 Å². The van der Waals surface area contributed by atoms with Gasteiger partial charge in [-0.1, -0.05) is 42.1 Å². The van der Waals surface area contributed by atoms with Crippen molar-refractivity contribution in [2.24, 2.45) is 0 Å². The van der Waals surface area contributed by atoms with Crippen LogP contribution in [0.2, 0.25) is 0 Å². The van der Waals surface area contributed by atoms with Crippen molar-refractivity contribution in [1.29, 1.82) is 0 Å². The number of aromatic nitrogens is 4. The van der Waals surface area contributed by atoms with E-state index in [4.69, 9.17) is 0 Å². The quantitative estimate of drug-likeness (QED) is 0.639. The summed E-state index contributed by atoms with van der Waals surface area (Å²) < 4.78 is 1.73. The van der Waals surface area contributed by atoms with E-state index in [9.17, 15) is 9.59 Å². The summed E-state index contributed by atoms with van der Waals surface area (Å²) in [5.74, 6) is 0.602. The topological polar surface area (TPSA) is 89.8 Å². The minimum atomic E-state index is -0.152. The van der Waals surface area contributed by atoms with E-state index in [1.165, 1.54) is 6.33 Å². The summed E-state index contributed by atoms with van der Waals surface area (Å²) in [4.78, 5) is 38.7. The maximum Gasteiger partial charge on any atom is 0.257 e. The lowest BCUT2D eigenvalue weighted by Gasteiger charge is -2.14. The average Bonchev–Trinajstić information content (AvgIpc) is 3.41. The van der Waals surface area contributed by atoms with E-state index >= 15 is 0 Å². The van der Waals surface area contributed by atoms with Gasteiger partial charge in [-0.05, 0) is 25.3 Å². The van der Waals surface area contributed by atoms with Gasteiger partial charge in [-0.25, -0.2) is 15.0 Å². The maximum absolute atomic E-state index is 12.9. The fraction of sp³-hybridized carbons (Fsp3) is 0.318. The van der Waals surface area contributed by atoms with Crippen molar-refractivity contribution >= 4 is 17.7 Å². The van der Waals surface area contributed by atoms with Gasteiger partial charge in [0.05, 0.1) is 29.7 Å². The number of carbonyl (C=O) groups excluding carboxylic acids is 1. The van der Waals surface area contributed by atoms with Gasteiger partial charge in [0.1, 0.15) is 6.33 Å². The number of fused-ring (bicyclic) bond motifs is 2. The fourth-order valence-corrected chi connectivity index (χ4v) is 5.19. The molecule has 5 rings (SSSR count). The Labute approximate surface area is 178 Å². The lowest BCUT2D eigenvalue weighted by Crippen LogP contribution is -2.32. The smallest absolute Gasteiger partial charge is 0.257 e. The molecule has 1 N–H and O–H groups in total. The van der Waals surface area contributed by atoms with Gasteiger partial charge < -0.3 is 5.32 Å². The number of thioether (sulfide) groups is 1. The lowest BCUT2D eigenvalue weighted by atomic mass is 10.1. The second-order valence-electron chi connectivity index (χ2n) is 7.55. The molecule has 0 saturated heterocycles. The monoisotopic (exact) mass is 419 g/mol. The van der Waals surface area contributed by atoms with Gasteiger partial charge in [-0.2, -0.15) is 0 Å². The zero-order valence-electron chi connectivity index (χ0n) is 16.4. The summed E-state index contributed by atoms with van der Waals surface area (Å²) in [6.07, 6.45) is 4.44. The Morgan fingerprint density at radius 2 is 2.07 bits per heavy atom. The van der Waals surface area contributed by atoms with Crippen molar-refractivity contribution in [1.82, 2.24) is 24.8 Å². The highest BCUT2D eigenvalue weighted by Gasteiger charge is 2.31. The Balaban J connectivity index is 1.25. The molecular weight excluding hydrogens is 398 g/mol. The molecule has 0 radical (unpaired) electrons. The zero-order chi connectivity index (χ0) is 20.5. The minimum Gasteiger partial charge on any atom is -0.350 e. The van der Waals surface area contributed by atoms with Gasteiger partial charge in [0.2, 0.25) is 5.91 Å². The average molecular weight is 420 g/mol.